The molecule has 1 aliphatic rings. The quantitative estimate of drug-likeness (QED) is 0.639. The first kappa shape index (κ1) is 15.9. The molecule has 0 radical (unpaired) electrons. The van der Waals surface area contributed by atoms with Crippen LogP contribution in [0, 0.1) is 0 Å². The molecule has 1 unspecified atom stereocenters. The highest BCUT2D eigenvalue weighted by Crippen LogP contribution is 2.15. The molecule has 0 heterocycles. The van der Waals surface area contributed by atoms with Crippen LogP contribution in [0.15, 0.2) is 53.8 Å². The maximum absolute atomic E-state index is 11.7. The largest absolute Gasteiger partial charge is 0.497 e. The van der Waals surface area contributed by atoms with Crippen molar-refractivity contribution in [3.8, 4) is 5.75 Å². The second-order valence-electron chi connectivity index (χ2n) is 5.05. The fourth-order valence-electron chi connectivity index (χ4n) is 2.14. The van der Waals surface area contributed by atoms with E-state index < -0.39 is 5.97 Å². The number of nitrogens with two attached hydrogens (primary N) is 2. The van der Waals surface area contributed by atoms with Gasteiger partial charge < -0.3 is 20.9 Å². The fraction of sp³-hybridized carbons (Fsp3) is 0.235. The summed E-state index contributed by atoms with van der Waals surface area (Å²) in [4.78, 5) is 11.7. The minimum Gasteiger partial charge on any atom is -0.497 e. The third-order valence-corrected chi connectivity index (χ3v) is 3.20. The topological polar surface area (TPSA) is 87.6 Å². The van der Waals surface area contributed by atoms with Crippen molar-refractivity contribution in [2.45, 2.75) is 12.5 Å². The molecule has 22 heavy (non-hydrogen) atoms. The van der Waals surface area contributed by atoms with E-state index in [9.17, 15) is 4.79 Å². The van der Waals surface area contributed by atoms with Crippen LogP contribution in [0.1, 0.15) is 12.0 Å². The van der Waals surface area contributed by atoms with Crippen LogP contribution in [0.3, 0.4) is 0 Å². The summed E-state index contributed by atoms with van der Waals surface area (Å²) in [5, 5.41) is 0. The molecule has 2 rings (SSSR count). The maximum Gasteiger partial charge on any atom is 0.331 e. The first-order valence-corrected chi connectivity index (χ1v) is 6.98. The smallest absolute Gasteiger partial charge is 0.331 e. The summed E-state index contributed by atoms with van der Waals surface area (Å²) in [6, 6.07) is 7.25. The summed E-state index contributed by atoms with van der Waals surface area (Å²) in [6.45, 7) is 0.202. The lowest BCUT2D eigenvalue weighted by Crippen LogP contribution is -2.24. The molecule has 0 saturated heterocycles. The molecule has 1 aliphatic carbocycles. The van der Waals surface area contributed by atoms with E-state index in [1.807, 2.05) is 24.3 Å². The minimum absolute atomic E-state index is 0.117. The number of allylic oxidation sites excluding steroid dienone is 1. The van der Waals surface area contributed by atoms with E-state index in [1.165, 1.54) is 6.08 Å². The number of carbonyl (C=O) groups is 1. The second-order valence-corrected chi connectivity index (χ2v) is 5.05. The normalized spacial score (nSPS) is 17.8. The number of hydrogen-bond donors (Lipinski definition) is 2. The van der Waals surface area contributed by atoms with Gasteiger partial charge in [-0.05, 0) is 47.9 Å². The number of ether oxygens (including phenoxy) is 2. The van der Waals surface area contributed by atoms with E-state index in [4.69, 9.17) is 20.9 Å². The Morgan fingerprint density at radius 2 is 2.09 bits per heavy atom. The molecule has 4 N–H and O–H groups in total. The van der Waals surface area contributed by atoms with Crippen molar-refractivity contribution in [1.29, 1.82) is 0 Å². The van der Waals surface area contributed by atoms with Crippen LogP contribution in [0.5, 0.6) is 5.75 Å². The van der Waals surface area contributed by atoms with Crippen LogP contribution in [0.2, 0.25) is 0 Å². The second kappa shape index (κ2) is 7.47. The van der Waals surface area contributed by atoms with E-state index in [0.717, 1.165) is 16.9 Å². The average Bonchev–Trinajstić information content (AvgIpc) is 2.50. The molecule has 1 aromatic rings. The van der Waals surface area contributed by atoms with Gasteiger partial charge in [-0.3, -0.25) is 0 Å². The van der Waals surface area contributed by atoms with Crippen molar-refractivity contribution < 1.29 is 14.3 Å². The highest BCUT2D eigenvalue weighted by Gasteiger charge is 2.11. The standard InChI is InChI=1S/C17H20N2O3/c1-21-16-5-2-12(3-6-16)4-7-17(20)22-11-13-8-14(18)10-15(19)9-13/h2-8,10,15H,9,11,18-19H2,1H3/b7-4+. The molecule has 1 atom stereocenters. The van der Waals surface area contributed by atoms with E-state index in [-0.39, 0.29) is 12.6 Å². The van der Waals surface area contributed by atoms with Crippen LogP contribution in [0.4, 0.5) is 0 Å². The number of carbonyl (C=O) groups excluding carboxylic acids is 1. The predicted molar refractivity (Wildman–Crippen MR) is 85.9 cm³/mol. The average molecular weight is 300 g/mol. The van der Waals surface area contributed by atoms with Crippen LogP contribution >= 0.6 is 0 Å². The van der Waals surface area contributed by atoms with Crippen molar-refractivity contribution in [3.05, 3.63) is 59.3 Å². The molecule has 0 spiro atoms. The molecule has 0 amide bonds. The van der Waals surface area contributed by atoms with Gasteiger partial charge in [0.2, 0.25) is 0 Å². The summed E-state index contributed by atoms with van der Waals surface area (Å²) in [6.07, 6.45) is 7.32. The molecular weight excluding hydrogens is 280 g/mol. The van der Waals surface area contributed by atoms with Crippen LogP contribution in [-0.4, -0.2) is 25.7 Å². The molecule has 116 valence electrons. The number of methoxy groups -OCH3 is 1. The number of benzene rings is 1. The Morgan fingerprint density at radius 3 is 2.73 bits per heavy atom. The van der Waals surface area contributed by atoms with E-state index in [1.54, 1.807) is 25.3 Å². The Hall–Kier alpha value is -2.53. The molecule has 0 fully saturated rings. The maximum atomic E-state index is 11.7. The summed E-state index contributed by atoms with van der Waals surface area (Å²) in [5.74, 6) is 0.365. The Bertz CT molecular complexity index is 615. The lowest BCUT2D eigenvalue weighted by molar-refractivity contribution is -0.136. The van der Waals surface area contributed by atoms with Crippen molar-refractivity contribution in [1.82, 2.24) is 0 Å². The zero-order valence-corrected chi connectivity index (χ0v) is 12.5. The summed E-state index contributed by atoms with van der Waals surface area (Å²) < 4.78 is 10.3. The predicted octanol–water partition coefficient (Wildman–Crippen LogP) is 1.75. The van der Waals surface area contributed by atoms with Gasteiger partial charge in [0.05, 0.1) is 7.11 Å². The Labute approximate surface area is 129 Å². The Balaban J connectivity index is 1.85. The third-order valence-electron chi connectivity index (χ3n) is 3.20. The van der Waals surface area contributed by atoms with E-state index in [0.29, 0.717) is 12.1 Å². The molecule has 0 saturated carbocycles. The Kier molecular flexibility index (Phi) is 5.38. The van der Waals surface area contributed by atoms with E-state index in [2.05, 4.69) is 0 Å². The molecule has 5 nitrogen and oxygen atoms in total. The van der Waals surface area contributed by atoms with Crippen molar-refractivity contribution in [2.75, 3.05) is 13.7 Å². The minimum atomic E-state index is -0.404. The number of rotatable bonds is 5. The highest BCUT2D eigenvalue weighted by atomic mass is 16.5. The van der Waals surface area contributed by atoms with Gasteiger partial charge in [0.25, 0.3) is 0 Å². The number of esters is 1. The van der Waals surface area contributed by atoms with Gasteiger partial charge in [0, 0.05) is 17.8 Å². The summed E-state index contributed by atoms with van der Waals surface area (Å²) in [5.41, 5.74) is 14.0. The van der Waals surface area contributed by atoms with Gasteiger partial charge in [-0.2, -0.15) is 0 Å². The van der Waals surface area contributed by atoms with Crippen LogP contribution in [-0.2, 0) is 9.53 Å². The highest BCUT2D eigenvalue weighted by molar-refractivity contribution is 5.87. The zero-order chi connectivity index (χ0) is 15.9. The first-order valence-electron chi connectivity index (χ1n) is 6.98. The molecule has 0 aromatic heterocycles. The van der Waals surface area contributed by atoms with Gasteiger partial charge in [0.15, 0.2) is 0 Å². The zero-order valence-electron chi connectivity index (χ0n) is 12.5. The van der Waals surface area contributed by atoms with Gasteiger partial charge in [-0.1, -0.05) is 12.1 Å². The van der Waals surface area contributed by atoms with Crippen molar-refractivity contribution in [3.63, 3.8) is 0 Å². The van der Waals surface area contributed by atoms with E-state index >= 15 is 0 Å². The summed E-state index contributed by atoms with van der Waals surface area (Å²) in [7, 11) is 1.61. The number of hydrogen-bond acceptors (Lipinski definition) is 5. The molecule has 1 aromatic carbocycles. The van der Waals surface area contributed by atoms with Gasteiger partial charge in [0.1, 0.15) is 12.4 Å². The SMILES string of the molecule is COc1ccc(/C=C/C(=O)OCC2=CC(N)=CC(N)C2)cc1. The van der Waals surface area contributed by atoms with Crippen molar-refractivity contribution in [2.24, 2.45) is 11.5 Å². The molecule has 0 bridgehead atoms. The monoisotopic (exact) mass is 300 g/mol. The first-order chi connectivity index (χ1) is 10.6. The molecule has 5 heteroatoms. The summed E-state index contributed by atoms with van der Waals surface area (Å²) >= 11 is 0. The fourth-order valence-corrected chi connectivity index (χ4v) is 2.14. The van der Waals surface area contributed by atoms with Crippen LogP contribution < -0.4 is 16.2 Å². The Morgan fingerprint density at radius 1 is 1.36 bits per heavy atom. The third kappa shape index (κ3) is 4.79. The van der Waals surface area contributed by atoms with Gasteiger partial charge in [-0.15, -0.1) is 0 Å². The van der Waals surface area contributed by atoms with Gasteiger partial charge in [-0.25, -0.2) is 4.79 Å². The molecule has 0 aliphatic heterocycles. The lowest BCUT2D eigenvalue weighted by atomic mass is 10.0. The van der Waals surface area contributed by atoms with Crippen LogP contribution in [0.25, 0.3) is 6.08 Å². The van der Waals surface area contributed by atoms with Crippen molar-refractivity contribution >= 4 is 12.0 Å². The molecular formula is C17H20N2O3. The lowest BCUT2D eigenvalue weighted by Gasteiger charge is -2.16. The van der Waals surface area contributed by atoms with Gasteiger partial charge >= 0.3 is 5.97 Å².